The summed E-state index contributed by atoms with van der Waals surface area (Å²) in [6.07, 6.45) is 0.902. The van der Waals surface area contributed by atoms with Crippen molar-refractivity contribution in [3.8, 4) is 0 Å². The Bertz CT molecular complexity index is 147. The molecule has 0 unspecified atom stereocenters. The molecule has 0 aliphatic carbocycles. The van der Waals surface area contributed by atoms with Gasteiger partial charge in [-0.25, -0.2) is 0 Å². The minimum atomic E-state index is -1.19. The summed E-state index contributed by atoms with van der Waals surface area (Å²) < 4.78 is 17.1. The Morgan fingerprint density at radius 1 is 1.73 bits per heavy atom. The molecular formula is C7H16CoO2Si. The third-order valence-corrected chi connectivity index (χ3v) is 3.40. The van der Waals surface area contributed by atoms with Crippen molar-refractivity contribution in [2.45, 2.75) is 18.8 Å². The van der Waals surface area contributed by atoms with Crippen LogP contribution in [0.1, 0.15) is 6.92 Å². The Labute approximate surface area is 74.8 Å². The van der Waals surface area contributed by atoms with Crippen LogP contribution < -0.4 is 0 Å². The summed E-state index contributed by atoms with van der Waals surface area (Å²) in [5.74, 6) is 0. The van der Waals surface area contributed by atoms with Crippen LogP contribution in [-0.2, 0) is 22.2 Å². The van der Waals surface area contributed by atoms with Gasteiger partial charge in [0.2, 0.25) is 0 Å². The van der Waals surface area contributed by atoms with Crippen molar-refractivity contribution in [3.63, 3.8) is 0 Å². The summed E-state index contributed by atoms with van der Waals surface area (Å²) in [5.41, 5.74) is 0. The van der Waals surface area contributed by atoms with Crippen molar-refractivity contribution >= 4 is 9.52 Å². The standard InChI is InChI=1S/C4H11OSi.C3H5.Co.O/c1-3-5-4-6-2;1-3-2;;/h1,3-4,6H2,2H3;1H2,2H3;;. The zero-order valence-electron chi connectivity index (χ0n) is 7.19. The Kier molecular flexibility index (Phi) is 7.04. The molecular weight excluding hydrogens is 203 g/mol. The number of ether oxygens (including phenoxy) is 1. The van der Waals surface area contributed by atoms with E-state index in [9.17, 15) is 3.87 Å². The second-order valence-corrected chi connectivity index (χ2v) is 5.90. The molecule has 11 heavy (non-hydrogen) atoms. The second-order valence-electron chi connectivity index (χ2n) is 2.20. The van der Waals surface area contributed by atoms with Gasteiger partial charge in [0, 0.05) is 0 Å². The van der Waals surface area contributed by atoms with E-state index < -0.39 is 13.6 Å². The predicted molar refractivity (Wildman–Crippen MR) is 45.5 cm³/mol. The number of rotatable bonds is 6. The molecule has 0 spiro atoms. The van der Waals surface area contributed by atoms with E-state index >= 15 is 0 Å². The van der Waals surface area contributed by atoms with E-state index in [0.717, 1.165) is 10.7 Å². The van der Waals surface area contributed by atoms with E-state index in [1.54, 1.807) is 6.92 Å². The second kappa shape index (κ2) is 6.90. The van der Waals surface area contributed by atoms with Crippen LogP contribution in [0.25, 0.3) is 0 Å². The molecule has 0 amide bonds. The number of hydrogen-bond donors (Lipinski definition) is 0. The van der Waals surface area contributed by atoms with Crippen LogP contribution in [0.4, 0.5) is 0 Å². The van der Waals surface area contributed by atoms with Crippen LogP contribution in [0, 0.1) is 0 Å². The maximum absolute atomic E-state index is 11.1. The van der Waals surface area contributed by atoms with Gasteiger partial charge in [-0.05, 0) is 0 Å². The van der Waals surface area contributed by atoms with Gasteiger partial charge in [0.15, 0.2) is 0 Å². The Hall–Kier alpha value is 0.223. The topological polar surface area (TPSA) is 26.3 Å². The summed E-state index contributed by atoms with van der Waals surface area (Å²) in [5, 5.41) is 0.636. The summed E-state index contributed by atoms with van der Waals surface area (Å²) >= 11 is -1.19. The van der Waals surface area contributed by atoms with Crippen molar-refractivity contribution in [2.75, 3.05) is 12.8 Å². The molecule has 69 valence electrons. The van der Waals surface area contributed by atoms with Gasteiger partial charge >= 0.3 is 74.5 Å². The first-order valence-corrected chi connectivity index (χ1v) is 7.77. The fraction of sp³-hybridized carbons (Fsp3) is 0.714. The van der Waals surface area contributed by atoms with Gasteiger partial charge in [-0.1, -0.05) is 0 Å². The predicted octanol–water partition coefficient (Wildman–Crippen LogP) is 1.09. The molecule has 2 nitrogen and oxygen atoms in total. The molecule has 0 bridgehead atoms. The molecule has 0 saturated heterocycles. The average molecular weight is 219 g/mol. The van der Waals surface area contributed by atoms with Crippen LogP contribution in [0.3, 0.4) is 0 Å². The molecule has 0 aromatic carbocycles. The molecule has 0 aromatic rings. The first-order valence-electron chi connectivity index (χ1n) is 3.68. The van der Waals surface area contributed by atoms with Crippen molar-refractivity contribution in [1.82, 2.24) is 0 Å². The molecule has 0 aromatic heterocycles. The van der Waals surface area contributed by atoms with Crippen molar-refractivity contribution in [2.24, 2.45) is 0 Å². The van der Waals surface area contributed by atoms with E-state index in [2.05, 4.69) is 13.1 Å². The summed E-state index contributed by atoms with van der Waals surface area (Å²) in [7, 11) is 0.00998. The molecule has 0 atom stereocenters. The van der Waals surface area contributed by atoms with E-state index in [1.807, 2.05) is 0 Å². The van der Waals surface area contributed by atoms with Crippen LogP contribution in [0.5, 0.6) is 0 Å². The molecule has 0 heterocycles. The van der Waals surface area contributed by atoms with E-state index in [-0.39, 0.29) is 9.52 Å². The first kappa shape index (κ1) is 11.2. The van der Waals surface area contributed by atoms with E-state index in [4.69, 9.17) is 4.74 Å². The molecule has 4 heteroatoms. The van der Waals surface area contributed by atoms with Gasteiger partial charge in [-0.2, -0.15) is 0 Å². The summed E-state index contributed by atoms with van der Waals surface area (Å²) in [6, 6.07) is 0. The van der Waals surface area contributed by atoms with Gasteiger partial charge in [0.25, 0.3) is 0 Å². The SMILES string of the molecule is C=[C](C)[Co](=[O])[CH2]COC[SiH2]C. The van der Waals surface area contributed by atoms with Gasteiger partial charge in [0.05, 0.1) is 0 Å². The normalized spacial score (nSPS) is 12.4. The van der Waals surface area contributed by atoms with Gasteiger partial charge in [-0.15, -0.1) is 0 Å². The third-order valence-electron chi connectivity index (χ3n) is 1.03. The van der Waals surface area contributed by atoms with E-state index in [1.165, 1.54) is 0 Å². The van der Waals surface area contributed by atoms with Crippen LogP contribution in [-0.4, -0.2) is 22.4 Å². The van der Waals surface area contributed by atoms with Gasteiger partial charge in [-0.3, -0.25) is 0 Å². The molecule has 0 saturated carbocycles. The Balaban J connectivity index is 3.25. The zero-order chi connectivity index (χ0) is 8.69. The Morgan fingerprint density at radius 3 is 2.82 bits per heavy atom. The van der Waals surface area contributed by atoms with Gasteiger partial charge in [0.1, 0.15) is 0 Å². The Morgan fingerprint density at radius 2 is 2.36 bits per heavy atom. The molecule has 0 radical (unpaired) electrons. The van der Waals surface area contributed by atoms with Crippen molar-refractivity contribution < 1.29 is 22.2 Å². The minimum absolute atomic E-state index is 0.00998. The van der Waals surface area contributed by atoms with Crippen LogP contribution in [0.15, 0.2) is 11.1 Å². The molecule has 0 fully saturated rings. The molecule has 0 rings (SSSR count). The molecule has 0 aliphatic rings. The average Bonchev–Trinajstić information content (AvgIpc) is 1.97. The van der Waals surface area contributed by atoms with Crippen LogP contribution in [0.2, 0.25) is 11.9 Å². The maximum atomic E-state index is 11.1. The fourth-order valence-electron chi connectivity index (χ4n) is 0.499. The van der Waals surface area contributed by atoms with E-state index in [0.29, 0.717) is 12.0 Å². The van der Waals surface area contributed by atoms with Crippen LogP contribution >= 0.6 is 0 Å². The summed E-state index contributed by atoms with van der Waals surface area (Å²) in [6.45, 7) is 8.24. The fourth-order valence-corrected chi connectivity index (χ4v) is 1.78. The first-order chi connectivity index (χ1) is 5.18. The number of hydrogen-bond acceptors (Lipinski definition) is 2. The monoisotopic (exact) mass is 219 g/mol. The van der Waals surface area contributed by atoms with Gasteiger partial charge < -0.3 is 0 Å². The third kappa shape index (κ3) is 6.61. The zero-order valence-corrected chi connectivity index (χ0v) is 9.64. The quantitative estimate of drug-likeness (QED) is 0.494. The molecule has 0 aliphatic heterocycles. The van der Waals surface area contributed by atoms with Crippen molar-refractivity contribution in [3.05, 3.63) is 11.1 Å². The number of allylic oxidation sites excluding steroid dienone is 1. The summed E-state index contributed by atoms with van der Waals surface area (Å²) in [4.78, 5) is 0. The molecule has 0 N–H and O–H groups in total. The van der Waals surface area contributed by atoms with Crippen molar-refractivity contribution in [1.29, 1.82) is 0 Å².